The molecule has 6 heteroatoms. The normalized spacial score (nSPS) is 10.4. The fourth-order valence-corrected chi connectivity index (χ4v) is 3.21. The zero-order valence-electron chi connectivity index (χ0n) is 12.7. The summed E-state index contributed by atoms with van der Waals surface area (Å²) in [4.78, 5) is 17.3. The summed E-state index contributed by atoms with van der Waals surface area (Å²) in [6.45, 7) is -0.0464. The summed E-state index contributed by atoms with van der Waals surface area (Å²) in [5.74, 6) is 0.427. The van der Waals surface area contributed by atoms with E-state index in [9.17, 15) is 4.79 Å². The largest absolute Gasteiger partial charge is 0.484 e. The Kier molecular flexibility index (Phi) is 5.61. The number of halogens is 1. The van der Waals surface area contributed by atoms with Crippen molar-refractivity contribution in [1.29, 1.82) is 0 Å². The van der Waals surface area contributed by atoms with Crippen molar-refractivity contribution in [2.24, 2.45) is 0 Å². The van der Waals surface area contributed by atoms with Gasteiger partial charge in [-0.1, -0.05) is 46.3 Å². The van der Waals surface area contributed by atoms with Gasteiger partial charge in [-0.05, 0) is 29.8 Å². The average Bonchev–Trinajstić information content (AvgIpc) is 3.02. The summed E-state index contributed by atoms with van der Waals surface area (Å²) < 4.78 is 6.41. The lowest BCUT2D eigenvalue weighted by molar-refractivity contribution is -0.118. The van der Waals surface area contributed by atoms with Crippen LogP contribution in [0.2, 0.25) is 0 Å². The maximum absolute atomic E-state index is 11.9. The molecule has 3 rings (SSSR count). The highest BCUT2D eigenvalue weighted by Gasteiger charge is 2.08. The van der Waals surface area contributed by atoms with Crippen LogP contribution >= 0.6 is 27.3 Å². The Balaban J connectivity index is 1.50. The summed E-state index contributed by atoms with van der Waals surface area (Å²) >= 11 is 4.83. The first-order valence-corrected chi connectivity index (χ1v) is 8.97. The fourth-order valence-electron chi connectivity index (χ4n) is 2.08. The van der Waals surface area contributed by atoms with Gasteiger partial charge in [0.2, 0.25) is 0 Å². The number of nitrogens with one attached hydrogen (secondary N) is 1. The molecular formula is C18H15BrN2O2S. The molecule has 0 saturated carbocycles. The van der Waals surface area contributed by atoms with Crippen LogP contribution in [0.25, 0.3) is 0 Å². The van der Waals surface area contributed by atoms with Gasteiger partial charge in [-0.3, -0.25) is 10.1 Å². The number of carbonyl (C=O) groups excluding carboxylic acids is 1. The summed E-state index contributed by atoms with van der Waals surface area (Å²) in [5, 5.41) is 3.35. The van der Waals surface area contributed by atoms with E-state index in [0.29, 0.717) is 10.9 Å². The first-order chi connectivity index (χ1) is 11.7. The first kappa shape index (κ1) is 16.7. The number of hydrogen-bond acceptors (Lipinski definition) is 4. The number of thiazole rings is 1. The van der Waals surface area contributed by atoms with Gasteiger partial charge in [0.05, 0.1) is 0 Å². The van der Waals surface area contributed by atoms with Gasteiger partial charge in [0.25, 0.3) is 5.91 Å². The first-order valence-electron chi connectivity index (χ1n) is 7.36. The Labute approximate surface area is 152 Å². The van der Waals surface area contributed by atoms with Gasteiger partial charge in [0, 0.05) is 22.0 Å². The molecule has 0 atom stereocenters. The molecular weight excluding hydrogens is 388 g/mol. The van der Waals surface area contributed by atoms with Crippen molar-refractivity contribution in [1.82, 2.24) is 4.98 Å². The number of anilines is 1. The van der Waals surface area contributed by atoms with Crippen molar-refractivity contribution in [3.05, 3.63) is 75.7 Å². The van der Waals surface area contributed by atoms with Crippen LogP contribution in [-0.4, -0.2) is 17.5 Å². The minimum Gasteiger partial charge on any atom is -0.484 e. The quantitative estimate of drug-likeness (QED) is 0.659. The molecule has 0 spiro atoms. The van der Waals surface area contributed by atoms with Crippen LogP contribution in [0.15, 0.2) is 65.3 Å². The number of hydrogen-bond donors (Lipinski definition) is 1. The Hall–Kier alpha value is -2.18. The Bertz CT molecular complexity index is 803. The van der Waals surface area contributed by atoms with Crippen LogP contribution in [0.5, 0.6) is 5.75 Å². The lowest BCUT2D eigenvalue weighted by atomic mass is 10.1. The van der Waals surface area contributed by atoms with Crippen LogP contribution in [0, 0.1) is 0 Å². The van der Waals surface area contributed by atoms with Gasteiger partial charge in [-0.25, -0.2) is 4.98 Å². The van der Waals surface area contributed by atoms with Crippen molar-refractivity contribution in [3.8, 4) is 5.75 Å². The number of amides is 1. The molecule has 0 aliphatic rings. The highest BCUT2D eigenvalue weighted by molar-refractivity contribution is 9.10. The molecule has 24 heavy (non-hydrogen) atoms. The summed E-state index contributed by atoms with van der Waals surface area (Å²) in [6, 6.07) is 17.5. The van der Waals surface area contributed by atoms with E-state index in [1.165, 1.54) is 16.9 Å². The van der Waals surface area contributed by atoms with Crippen molar-refractivity contribution >= 4 is 38.3 Å². The van der Waals surface area contributed by atoms with Crippen LogP contribution in [0.1, 0.15) is 10.4 Å². The molecule has 0 aliphatic heterocycles. The van der Waals surface area contributed by atoms with Gasteiger partial charge in [0.15, 0.2) is 11.7 Å². The molecule has 1 heterocycles. The molecule has 4 nitrogen and oxygen atoms in total. The van der Waals surface area contributed by atoms with E-state index in [0.717, 1.165) is 15.8 Å². The van der Waals surface area contributed by atoms with Gasteiger partial charge in [-0.2, -0.15) is 0 Å². The number of benzene rings is 2. The van der Waals surface area contributed by atoms with Crippen molar-refractivity contribution in [2.75, 3.05) is 11.9 Å². The molecule has 1 N–H and O–H groups in total. The zero-order valence-corrected chi connectivity index (χ0v) is 15.1. The number of ether oxygens (including phenoxy) is 1. The predicted molar refractivity (Wildman–Crippen MR) is 99.6 cm³/mol. The summed E-state index contributed by atoms with van der Waals surface area (Å²) in [6.07, 6.45) is 2.60. The maximum atomic E-state index is 11.9. The number of carbonyl (C=O) groups is 1. The molecule has 2 aromatic carbocycles. The van der Waals surface area contributed by atoms with E-state index in [4.69, 9.17) is 4.74 Å². The zero-order chi connectivity index (χ0) is 16.8. The topological polar surface area (TPSA) is 51.2 Å². The monoisotopic (exact) mass is 402 g/mol. The average molecular weight is 403 g/mol. The van der Waals surface area contributed by atoms with Crippen LogP contribution < -0.4 is 10.1 Å². The van der Waals surface area contributed by atoms with Crippen molar-refractivity contribution in [3.63, 3.8) is 0 Å². The van der Waals surface area contributed by atoms with Crippen molar-refractivity contribution < 1.29 is 9.53 Å². The fraction of sp³-hybridized carbons (Fsp3) is 0.111. The molecule has 3 aromatic rings. The Morgan fingerprint density at radius 3 is 2.62 bits per heavy atom. The molecule has 0 fully saturated rings. The summed E-state index contributed by atoms with van der Waals surface area (Å²) in [5.41, 5.74) is 1.22. The third-order valence-corrected chi connectivity index (χ3v) is 4.65. The predicted octanol–water partition coefficient (Wildman–Crippen LogP) is 4.51. The minimum atomic E-state index is -0.224. The maximum Gasteiger partial charge on any atom is 0.264 e. The van der Waals surface area contributed by atoms with Crippen molar-refractivity contribution in [2.45, 2.75) is 6.42 Å². The lowest BCUT2D eigenvalue weighted by Gasteiger charge is -2.05. The second kappa shape index (κ2) is 8.08. The second-order valence-corrected chi connectivity index (χ2v) is 7.12. The van der Waals surface area contributed by atoms with Crippen LogP contribution in [0.3, 0.4) is 0 Å². The number of aromatic nitrogens is 1. The Morgan fingerprint density at radius 2 is 1.88 bits per heavy atom. The molecule has 0 unspecified atom stereocenters. The van der Waals surface area contributed by atoms with Gasteiger partial charge in [-0.15, -0.1) is 11.3 Å². The van der Waals surface area contributed by atoms with E-state index in [1.807, 2.05) is 30.3 Å². The smallest absolute Gasteiger partial charge is 0.264 e. The molecule has 0 saturated heterocycles. The minimum absolute atomic E-state index is 0.0464. The molecule has 0 aliphatic carbocycles. The van der Waals surface area contributed by atoms with E-state index in [-0.39, 0.29) is 12.5 Å². The third-order valence-electron chi connectivity index (χ3n) is 3.20. The van der Waals surface area contributed by atoms with E-state index in [2.05, 4.69) is 38.4 Å². The SMILES string of the molecule is O=C(COc1ccc(Br)cc1)Nc1ncc(Cc2ccccc2)s1. The van der Waals surface area contributed by atoms with E-state index >= 15 is 0 Å². The van der Waals surface area contributed by atoms with Crippen LogP contribution in [-0.2, 0) is 11.2 Å². The standard InChI is InChI=1S/C18H15BrN2O2S/c19-14-6-8-15(9-7-14)23-12-17(22)21-18-20-11-16(24-18)10-13-4-2-1-3-5-13/h1-9,11H,10,12H2,(H,20,21,22). The number of rotatable bonds is 6. The van der Waals surface area contributed by atoms with Gasteiger partial charge in [0.1, 0.15) is 5.75 Å². The molecule has 1 amide bonds. The lowest BCUT2D eigenvalue weighted by Crippen LogP contribution is -2.19. The highest BCUT2D eigenvalue weighted by atomic mass is 79.9. The highest BCUT2D eigenvalue weighted by Crippen LogP contribution is 2.21. The molecule has 0 bridgehead atoms. The van der Waals surface area contributed by atoms with Gasteiger partial charge < -0.3 is 4.74 Å². The summed E-state index contributed by atoms with van der Waals surface area (Å²) in [7, 11) is 0. The molecule has 1 aromatic heterocycles. The second-order valence-electron chi connectivity index (χ2n) is 5.08. The number of nitrogens with zero attached hydrogens (tertiary/aromatic N) is 1. The van der Waals surface area contributed by atoms with Gasteiger partial charge >= 0.3 is 0 Å². The van der Waals surface area contributed by atoms with Crippen LogP contribution in [0.4, 0.5) is 5.13 Å². The Morgan fingerprint density at radius 1 is 1.12 bits per heavy atom. The molecule has 0 radical (unpaired) electrons. The van der Waals surface area contributed by atoms with E-state index in [1.54, 1.807) is 18.3 Å². The van der Waals surface area contributed by atoms with E-state index < -0.39 is 0 Å². The molecule has 122 valence electrons. The third kappa shape index (κ3) is 4.91.